The van der Waals surface area contributed by atoms with Gasteiger partial charge in [0.2, 0.25) is 0 Å². The van der Waals surface area contributed by atoms with E-state index >= 15 is 0 Å². The first kappa shape index (κ1) is 23.9. The summed E-state index contributed by atoms with van der Waals surface area (Å²) >= 11 is 12.9. The number of rotatable bonds is 7. The highest BCUT2D eigenvalue weighted by Gasteiger charge is 2.64. The third kappa shape index (κ3) is 5.44. The maximum Gasteiger partial charge on any atom is 0.0683 e. The smallest absolute Gasteiger partial charge is 0.0683 e. The van der Waals surface area contributed by atoms with Crippen LogP contribution in [0.4, 0.5) is 5.69 Å². The Morgan fingerprint density at radius 3 is 2.03 bits per heavy atom. The average molecular weight is 501 g/mol. The van der Waals surface area contributed by atoms with Gasteiger partial charge >= 0.3 is 0 Å². The molecule has 0 bridgehead atoms. The first-order valence-corrected chi connectivity index (χ1v) is 19.5. The molecule has 5 heteroatoms. The van der Waals surface area contributed by atoms with E-state index in [1.54, 1.807) is 0 Å². The number of anilines is 1. The molecule has 0 aromatic heterocycles. The molecule has 1 heterocycles. The minimum absolute atomic E-state index is 0.453. The van der Waals surface area contributed by atoms with Gasteiger partial charge in [-0.15, -0.1) is 0 Å². The number of hydrogen-bond acceptors (Lipinski definition) is 1. The van der Waals surface area contributed by atoms with Gasteiger partial charge < -0.3 is 4.90 Å². The fourth-order valence-electron chi connectivity index (χ4n) is 4.85. The Balaban J connectivity index is 1.68. The second-order valence-corrected chi connectivity index (χ2v) is 22.5. The number of benzene rings is 2. The van der Waals surface area contributed by atoms with E-state index in [-0.39, 0.29) is 0 Å². The lowest BCUT2D eigenvalue weighted by Crippen LogP contribution is -2.16. The molecule has 170 valence electrons. The Bertz CT molecular complexity index is 1020. The van der Waals surface area contributed by atoms with Crippen LogP contribution in [0, 0.1) is 11.8 Å². The number of hydrogen-bond donors (Lipinski definition) is 0. The molecule has 0 N–H and O–H groups in total. The summed E-state index contributed by atoms with van der Waals surface area (Å²) in [6, 6.07) is 17.9. The standard InChI is InChI=1S/C27H35Cl2NSi2/c1-31(2,3)16-14-22-25(21-13-12-19(28)18-23(21)29)26(22)27-24(15-17-32(4,5)6)30(27)20-10-8-7-9-11-20/h7-18,22,24-27H,1-6H3/b16-14+,17-15+/t22-,24-,25-,26?,27+,30?/m0/s1. The summed E-state index contributed by atoms with van der Waals surface area (Å²) in [4.78, 5) is 2.61. The quantitative estimate of drug-likeness (QED) is 0.272. The van der Waals surface area contributed by atoms with Crippen molar-refractivity contribution >= 4 is 45.0 Å². The molecule has 1 saturated carbocycles. The van der Waals surface area contributed by atoms with Crippen molar-refractivity contribution in [2.75, 3.05) is 4.90 Å². The molecule has 1 nitrogen and oxygen atoms in total. The third-order valence-electron chi connectivity index (χ3n) is 6.42. The highest BCUT2D eigenvalue weighted by Crippen LogP contribution is 2.64. The van der Waals surface area contributed by atoms with Crippen molar-refractivity contribution in [3.05, 3.63) is 87.7 Å². The van der Waals surface area contributed by atoms with Crippen molar-refractivity contribution in [1.82, 2.24) is 0 Å². The van der Waals surface area contributed by atoms with E-state index in [2.05, 4.69) is 104 Å². The van der Waals surface area contributed by atoms with Crippen LogP contribution < -0.4 is 4.90 Å². The summed E-state index contributed by atoms with van der Waals surface area (Å²) in [5.41, 5.74) is 7.59. The fourth-order valence-corrected chi connectivity index (χ4v) is 6.96. The molecule has 1 aliphatic heterocycles. The van der Waals surface area contributed by atoms with Gasteiger partial charge in [-0.3, -0.25) is 0 Å². The summed E-state index contributed by atoms with van der Waals surface area (Å²) in [5, 5.41) is 1.51. The molecule has 2 fully saturated rings. The highest BCUT2D eigenvalue weighted by atomic mass is 35.5. The molecule has 4 rings (SSSR count). The Morgan fingerprint density at radius 1 is 0.812 bits per heavy atom. The zero-order chi connectivity index (χ0) is 23.3. The monoisotopic (exact) mass is 499 g/mol. The lowest BCUT2D eigenvalue weighted by molar-refractivity contribution is 0.754. The zero-order valence-corrected chi connectivity index (χ0v) is 23.5. The minimum atomic E-state index is -1.27. The molecule has 1 aliphatic carbocycles. The normalized spacial score (nSPS) is 28.0. The van der Waals surface area contributed by atoms with Crippen molar-refractivity contribution in [1.29, 1.82) is 0 Å². The summed E-state index contributed by atoms with van der Waals surface area (Å²) < 4.78 is 0. The number of para-hydroxylation sites is 1. The van der Waals surface area contributed by atoms with Gasteiger partial charge in [-0.25, -0.2) is 0 Å². The summed E-state index contributed by atoms with van der Waals surface area (Å²) in [6.45, 7) is 14.4. The van der Waals surface area contributed by atoms with Gasteiger partial charge in [0.1, 0.15) is 0 Å². The lowest BCUT2D eigenvalue weighted by atomic mass is 10.1. The zero-order valence-electron chi connectivity index (χ0n) is 20.0. The topological polar surface area (TPSA) is 3.01 Å². The SMILES string of the molecule is C[Si](C)(C)/C=C/[C@@H]1C([C@H]2[C@H](/C=C/[Si](C)(C)C)N2c2ccccc2)[C@H]1c1ccc(Cl)cc1Cl. The fraction of sp³-hybridized carbons (Fsp3) is 0.407. The molecule has 0 spiro atoms. The van der Waals surface area contributed by atoms with Gasteiger partial charge in [-0.1, -0.05) is 110 Å². The van der Waals surface area contributed by atoms with Crippen molar-refractivity contribution in [2.45, 2.75) is 57.3 Å². The van der Waals surface area contributed by atoms with Gasteiger partial charge in [0.25, 0.3) is 0 Å². The summed E-state index contributed by atoms with van der Waals surface area (Å²) in [5.74, 6) is 1.55. The van der Waals surface area contributed by atoms with E-state index < -0.39 is 16.1 Å². The van der Waals surface area contributed by atoms with Gasteiger partial charge in [0.05, 0.1) is 28.2 Å². The first-order valence-electron chi connectivity index (χ1n) is 11.6. The van der Waals surface area contributed by atoms with Crippen LogP contribution in [0.2, 0.25) is 49.3 Å². The molecule has 1 unspecified atom stereocenters. The minimum Gasteiger partial charge on any atom is -0.357 e. The largest absolute Gasteiger partial charge is 0.357 e. The highest BCUT2D eigenvalue weighted by molar-refractivity contribution is 6.81. The molecular formula is C27H35Cl2NSi2. The second kappa shape index (κ2) is 8.83. The van der Waals surface area contributed by atoms with Crippen molar-refractivity contribution in [3.8, 4) is 0 Å². The Morgan fingerprint density at radius 2 is 1.44 bits per heavy atom. The van der Waals surface area contributed by atoms with Crippen LogP contribution in [0.3, 0.4) is 0 Å². The van der Waals surface area contributed by atoms with Crippen LogP contribution >= 0.6 is 23.2 Å². The lowest BCUT2D eigenvalue weighted by Gasteiger charge is -2.08. The maximum atomic E-state index is 6.70. The Labute approximate surface area is 206 Å². The molecule has 0 amide bonds. The Kier molecular flexibility index (Phi) is 6.59. The van der Waals surface area contributed by atoms with Gasteiger partial charge in [0.15, 0.2) is 0 Å². The van der Waals surface area contributed by atoms with E-state index in [0.29, 0.717) is 34.9 Å². The van der Waals surface area contributed by atoms with E-state index in [1.165, 1.54) is 11.3 Å². The van der Waals surface area contributed by atoms with E-state index in [4.69, 9.17) is 23.2 Å². The molecule has 32 heavy (non-hydrogen) atoms. The number of halogens is 2. The van der Waals surface area contributed by atoms with Gasteiger partial charge in [-0.05, 0) is 47.6 Å². The van der Waals surface area contributed by atoms with Crippen LogP contribution in [-0.2, 0) is 0 Å². The Hall–Kier alpha value is -1.27. The van der Waals surface area contributed by atoms with Gasteiger partial charge in [0, 0.05) is 15.7 Å². The van der Waals surface area contributed by atoms with E-state index in [9.17, 15) is 0 Å². The molecule has 2 aromatic carbocycles. The molecule has 2 aliphatic rings. The average Bonchev–Trinajstić information content (AvgIpc) is 3.57. The van der Waals surface area contributed by atoms with Crippen LogP contribution in [0.1, 0.15) is 11.5 Å². The molecule has 5 atom stereocenters. The maximum absolute atomic E-state index is 6.70. The van der Waals surface area contributed by atoms with E-state index in [1.807, 2.05) is 12.1 Å². The molecular weight excluding hydrogens is 465 g/mol. The van der Waals surface area contributed by atoms with E-state index in [0.717, 1.165) is 5.02 Å². The molecule has 2 aromatic rings. The van der Waals surface area contributed by atoms with Crippen LogP contribution in [0.25, 0.3) is 0 Å². The van der Waals surface area contributed by atoms with Crippen LogP contribution in [0.15, 0.2) is 72.1 Å². The van der Waals surface area contributed by atoms with Crippen LogP contribution in [-0.4, -0.2) is 28.2 Å². The van der Waals surface area contributed by atoms with Gasteiger partial charge in [-0.2, -0.15) is 0 Å². The van der Waals surface area contributed by atoms with Crippen LogP contribution in [0.5, 0.6) is 0 Å². The first-order chi connectivity index (χ1) is 15.0. The van der Waals surface area contributed by atoms with Crippen molar-refractivity contribution < 1.29 is 0 Å². The second-order valence-electron chi connectivity index (χ2n) is 11.5. The molecule has 1 saturated heterocycles. The van der Waals surface area contributed by atoms with Crippen molar-refractivity contribution in [3.63, 3.8) is 0 Å². The number of nitrogens with zero attached hydrogens (tertiary/aromatic N) is 1. The van der Waals surface area contributed by atoms with Crippen molar-refractivity contribution in [2.24, 2.45) is 11.8 Å². The predicted octanol–water partition coefficient (Wildman–Crippen LogP) is 8.45. The predicted molar refractivity (Wildman–Crippen MR) is 148 cm³/mol. The summed E-state index contributed by atoms with van der Waals surface area (Å²) in [7, 11) is -2.53. The summed E-state index contributed by atoms with van der Waals surface area (Å²) in [6.07, 6.45) is 5.00. The number of allylic oxidation sites excluding steroid dienone is 1. The third-order valence-corrected chi connectivity index (χ3v) is 9.36. The molecule has 0 radical (unpaired) electrons.